The van der Waals surface area contributed by atoms with Crippen molar-refractivity contribution in [3.05, 3.63) is 24.3 Å². The highest BCUT2D eigenvalue weighted by Crippen LogP contribution is 2.31. The molecule has 2 aliphatic rings. The summed E-state index contributed by atoms with van der Waals surface area (Å²) in [5, 5.41) is 3.26. The minimum Gasteiger partial charge on any atom is -0.486 e. The van der Waals surface area contributed by atoms with Crippen molar-refractivity contribution in [2.45, 2.75) is 24.5 Å². The van der Waals surface area contributed by atoms with Gasteiger partial charge < -0.3 is 24.4 Å². The topological polar surface area (TPSA) is 60.0 Å². The molecule has 1 saturated heterocycles. The lowest BCUT2D eigenvalue weighted by Crippen LogP contribution is -2.56. The molecule has 0 aromatic heterocycles. The molecule has 0 radical (unpaired) electrons. The van der Waals surface area contributed by atoms with E-state index < -0.39 is 5.60 Å². The lowest BCUT2D eigenvalue weighted by molar-refractivity contribution is -0.158. The van der Waals surface area contributed by atoms with Gasteiger partial charge in [-0.05, 0) is 38.1 Å². The molecule has 126 valence electrons. The zero-order chi connectivity index (χ0) is 16.3. The van der Waals surface area contributed by atoms with Gasteiger partial charge in [0, 0.05) is 14.2 Å². The maximum absolute atomic E-state index is 12.8. The smallest absolute Gasteiger partial charge is 0.254 e. The summed E-state index contributed by atoms with van der Waals surface area (Å²) in [6.07, 6.45) is 1.21. The maximum Gasteiger partial charge on any atom is 0.254 e. The van der Waals surface area contributed by atoms with Crippen molar-refractivity contribution in [2.75, 3.05) is 40.4 Å². The first-order valence-electron chi connectivity index (χ1n) is 8.04. The van der Waals surface area contributed by atoms with Crippen molar-refractivity contribution in [2.24, 2.45) is 0 Å². The van der Waals surface area contributed by atoms with E-state index in [1.165, 1.54) is 0 Å². The van der Waals surface area contributed by atoms with Crippen LogP contribution in [-0.4, -0.2) is 62.9 Å². The second-order valence-electron chi connectivity index (χ2n) is 6.13. The van der Waals surface area contributed by atoms with E-state index in [0.717, 1.165) is 24.6 Å². The van der Waals surface area contributed by atoms with Crippen molar-refractivity contribution < 1.29 is 19.0 Å². The average Bonchev–Trinajstić information content (AvgIpc) is 2.61. The van der Waals surface area contributed by atoms with Crippen LogP contribution in [0.2, 0.25) is 0 Å². The van der Waals surface area contributed by atoms with Crippen LogP contribution in [0.4, 0.5) is 0 Å². The summed E-state index contributed by atoms with van der Waals surface area (Å²) in [6.45, 7) is 2.51. The fourth-order valence-corrected chi connectivity index (χ4v) is 3.23. The van der Waals surface area contributed by atoms with Crippen molar-refractivity contribution in [3.8, 4) is 11.5 Å². The van der Waals surface area contributed by atoms with Crippen LogP contribution in [0.3, 0.4) is 0 Å². The Morgan fingerprint density at radius 2 is 2.04 bits per heavy atom. The fourth-order valence-electron chi connectivity index (χ4n) is 3.23. The summed E-state index contributed by atoms with van der Waals surface area (Å²) in [6, 6.07) is 7.59. The monoisotopic (exact) mass is 320 g/mol. The summed E-state index contributed by atoms with van der Waals surface area (Å²) in [4.78, 5) is 14.6. The van der Waals surface area contributed by atoms with Gasteiger partial charge in [0.2, 0.25) is 0 Å². The number of hydrogen-bond donors (Lipinski definition) is 1. The zero-order valence-corrected chi connectivity index (χ0v) is 13.7. The van der Waals surface area contributed by atoms with E-state index in [1.54, 1.807) is 19.1 Å². The third kappa shape index (κ3) is 3.28. The molecule has 3 rings (SSSR count). The largest absolute Gasteiger partial charge is 0.486 e. The van der Waals surface area contributed by atoms with Gasteiger partial charge >= 0.3 is 0 Å². The molecule has 1 aromatic carbocycles. The molecule has 1 unspecified atom stereocenters. The minimum atomic E-state index is -0.715. The van der Waals surface area contributed by atoms with Crippen LogP contribution >= 0.6 is 0 Å². The number of rotatable bonds is 4. The molecule has 23 heavy (non-hydrogen) atoms. The Hall–Kier alpha value is -1.79. The summed E-state index contributed by atoms with van der Waals surface area (Å²) in [7, 11) is 3.42. The van der Waals surface area contributed by atoms with E-state index in [4.69, 9.17) is 14.2 Å². The molecule has 1 N–H and O–H groups in total. The SMILES string of the molecule is COC1(C(=O)N(C)CC2COc3ccccc3O2)CCNCC1. The molecule has 2 heterocycles. The van der Waals surface area contributed by atoms with Gasteiger partial charge in [-0.2, -0.15) is 0 Å². The number of amides is 1. The van der Waals surface area contributed by atoms with E-state index >= 15 is 0 Å². The molecule has 1 atom stereocenters. The fraction of sp³-hybridized carbons (Fsp3) is 0.588. The summed E-state index contributed by atoms with van der Waals surface area (Å²) in [5.41, 5.74) is -0.715. The summed E-state index contributed by atoms with van der Waals surface area (Å²) < 4.78 is 17.2. The van der Waals surface area contributed by atoms with E-state index in [-0.39, 0.29) is 12.0 Å². The number of carbonyl (C=O) groups excluding carboxylic acids is 1. The summed E-state index contributed by atoms with van der Waals surface area (Å²) >= 11 is 0. The normalized spacial score (nSPS) is 22.4. The molecule has 1 aromatic rings. The second-order valence-corrected chi connectivity index (χ2v) is 6.13. The average molecular weight is 320 g/mol. The Morgan fingerprint density at radius 1 is 1.35 bits per heavy atom. The number of ether oxygens (including phenoxy) is 3. The van der Waals surface area contributed by atoms with Crippen LogP contribution in [0.5, 0.6) is 11.5 Å². The van der Waals surface area contributed by atoms with Crippen molar-refractivity contribution in [3.63, 3.8) is 0 Å². The number of nitrogens with zero attached hydrogens (tertiary/aromatic N) is 1. The molecule has 0 spiro atoms. The number of para-hydroxylation sites is 2. The Kier molecular flexibility index (Phi) is 4.73. The quantitative estimate of drug-likeness (QED) is 0.899. The van der Waals surface area contributed by atoms with Gasteiger partial charge in [0.25, 0.3) is 5.91 Å². The number of methoxy groups -OCH3 is 1. The van der Waals surface area contributed by atoms with Gasteiger partial charge in [0.05, 0.1) is 6.54 Å². The van der Waals surface area contributed by atoms with Crippen LogP contribution in [0.15, 0.2) is 24.3 Å². The predicted molar refractivity (Wildman–Crippen MR) is 85.8 cm³/mol. The van der Waals surface area contributed by atoms with Gasteiger partial charge in [-0.1, -0.05) is 12.1 Å². The number of piperidine rings is 1. The van der Waals surface area contributed by atoms with Crippen molar-refractivity contribution >= 4 is 5.91 Å². The van der Waals surface area contributed by atoms with Crippen LogP contribution < -0.4 is 14.8 Å². The molecule has 0 saturated carbocycles. The molecule has 6 heteroatoms. The zero-order valence-electron chi connectivity index (χ0n) is 13.7. The molecule has 1 fully saturated rings. The maximum atomic E-state index is 12.8. The van der Waals surface area contributed by atoms with Crippen LogP contribution in [0.25, 0.3) is 0 Å². The third-order valence-corrected chi connectivity index (χ3v) is 4.58. The second kappa shape index (κ2) is 6.76. The Bertz CT molecular complexity index is 557. The number of likely N-dealkylation sites (N-methyl/N-ethyl adjacent to an activating group) is 1. The first-order chi connectivity index (χ1) is 11.1. The Labute approximate surface area is 136 Å². The number of carbonyl (C=O) groups is 1. The van der Waals surface area contributed by atoms with E-state index in [0.29, 0.717) is 26.0 Å². The minimum absolute atomic E-state index is 0.0176. The number of benzene rings is 1. The van der Waals surface area contributed by atoms with E-state index in [9.17, 15) is 4.79 Å². The molecular formula is C17H24N2O4. The highest BCUT2D eigenvalue weighted by molar-refractivity contribution is 5.85. The number of hydrogen-bond acceptors (Lipinski definition) is 5. The first-order valence-corrected chi connectivity index (χ1v) is 8.04. The van der Waals surface area contributed by atoms with E-state index in [1.807, 2.05) is 24.3 Å². The van der Waals surface area contributed by atoms with Crippen molar-refractivity contribution in [1.29, 1.82) is 0 Å². The molecular weight excluding hydrogens is 296 g/mol. The predicted octanol–water partition coefficient (Wildman–Crippen LogP) is 1.05. The van der Waals surface area contributed by atoms with Gasteiger partial charge in [-0.15, -0.1) is 0 Å². The third-order valence-electron chi connectivity index (χ3n) is 4.58. The lowest BCUT2D eigenvalue weighted by atomic mass is 9.90. The van der Waals surface area contributed by atoms with Gasteiger partial charge in [-0.3, -0.25) is 4.79 Å². The van der Waals surface area contributed by atoms with Crippen molar-refractivity contribution in [1.82, 2.24) is 10.2 Å². The first kappa shape index (κ1) is 16.1. The highest BCUT2D eigenvalue weighted by Gasteiger charge is 2.42. The Balaban J connectivity index is 1.63. The standard InChI is InChI=1S/C17H24N2O4/c1-19(16(20)17(21-2)7-9-18-10-8-17)11-13-12-22-14-5-3-4-6-15(14)23-13/h3-6,13,18H,7-12H2,1-2H3. The lowest BCUT2D eigenvalue weighted by Gasteiger charge is -2.39. The van der Waals surface area contributed by atoms with Gasteiger partial charge in [0.15, 0.2) is 17.6 Å². The van der Waals surface area contributed by atoms with Crippen LogP contribution in [0.1, 0.15) is 12.8 Å². The number of fused-ring (bicyclic) bond motifs is 1. The highest BCUT2D eigenvalue weighted by atomic mass is 16.6. The Morgan fingerprint density at radius 3 is 2.74 bits per heavy atom. The van der Waals surface area contributed by atoms with Gasteiger partial charge in [0.1, 0.15) is 12.2 Å². The van der Waals surface area contributed by atoms with Crippen LogP contribution in [-0.2, 0) is 9.53 Å². The molecule has 0 bridgehead atoms. The molecule has 1 amide bonds. The molecule has 0 aliphatic carbocycles. The molecule has 2 aliphatic heterocycles. The van der Waals surface area contributed by atoms with Crippen LogP contribution in [0, 0.1) is 0 Å². The van der Waals surface area contributed by atoms with Gasteiger partial charge in [-0.25, -0.2) is 0 Å². The summed E-state index contributed by atoms with van der Waals surface area (Å²) in [5.74, 6) is 1.50. The number of nitrogens with one attached hydrogen (secondary N) is 1. The van der Waals surface area contributed by atoms with E-state index in [2.05, 4.69) is 5.32 Å². The molecule has 6 nitrogen and oxygen atoms in total.